The van der Waals surface area contributed by atoms with Crippen LogP contribution in [-0.2, 0) is 0 Å². The van der Waals surface area contributed by atoms with Gasteiger partial charge in [0.1, 0.15) is 0 Å². The highest BCUT2D eigenvalue weighted by atomic mass is 35.5. The van der Waals surface area contributed by atoms with Crippen LogP contribution in [0.25, 0.3) is 22.3 Å². The Morgan fingerprint density at radius 2 is 1.73 bits per heavy atom. The average Bonchev–Trinajstić information content (AvgIpc) is 3.41. The van der Waals surface area contributed by atoms with Gasteiger partial charge in [0, 0.05) is 51.8 Å². The summed E-state index contributed by atoms with van der Waals surface area (Å²) < 4.78 is 7.51. The van der Waals surface area contributed by atoms with E-state index in [1.54, 1.807) is 29.2 Å². The van der Waals surface area contributed by atoms with Gasteiger partial charge in [-0.25, -0.2) is 0 Å². The lowest BCUT2D eigenvalue weighted by atomic mass is 10.0. The van der Waals surface area contributed by atoms with Crippen molar-refractivity contribution in [3.05, 3.63) is 70.7 Å². The molecule has 0 atom stereocenters. The van der Waals surface area contributed by atoms with E-state index in [1.165, 1.54) is 0 Å². The zero-order valence-electron chi connectivity index (χ0n) is 16.0. The van der Waals surface area contributed by atoms with Crippen molar-refractivity contribution in [2.24, 2.45) is 0 Å². The Hall–Kier alpha value is -2.83. The Balaban J connectivity index is 1.27. The summed E-state index contributed by atoms with van der Waals surface area (Å²) >= 11 is 12.0. The molecule has 1 saturated heterocycles. The number of hydrogen-bond acceptors (Lipinski definition) is 4. The molecule has 4 aromatic rings. The van der Waals surface area contributed by atoms with Crippen molar-refractivity contribution >= 4 is 40.0 Å². The Kier molecular flexibility index (Phi) is 4.97. The van der Waals surface area contributed by atoms with E-state index >= 15 is 0 Å². The zero-order chi connectivity index (χ0) is 20.7. The second-order valence-corrected chi connectivity index (χ2v) is 8.25. The van der Waals surface area contributed by atoms with Gasteiger partial charge in [0.05, 0.1) is 0 Å². The molecule has 30 heavy (non-hydrogen) atoms. The van der Waals surface area contributed by atoms with Crippen LogP contribution in [0.5, 0.6) is 0 Å². The summed E-state index contributed by atoms with van der Waals surface area (Å²) in [7, 11) is 0. The normalized spacial score (nSPS) is 15.1. The van der Waals surface area contributed by atoms with Gasteiger partial charge in [-0.15, -0.1) is 0 Å². The highest BCUT2D eigenvalue weighted by Crippen LogP contribution is 2.29. The summed E-state index contributed by atoms with van der Waals surface area (Å²) in [5, 5.41) is 6.42. The number of carbonyl (C=O) groups is 1. The van der Waals surface area contributed by atoms with E-state index in [9.17, 15) is 4.79 Å². The molecule has 1 fully saturated rings. The second-order valence-electron chi connectivity index (χ2n) is 7.38. The number of hydrogen-bond donors (Lipinski definition) is 0. The Morgan fingerprint density at radius 3 is 2.50 bits per heavy atom. The number of carbonyl (C=O) groups excluding carboxylic acids is 1. The Labute approximate surface area is 183 Å². The monoisotopic (exact) mass is 440 g/mol. The number of aromatic nitrogens is 3. The van der Waals surface area contributed by atoms with Gasteiger partial charge < -0.3 is 14.0 Å². The third-order valence-electron chi connectivity index (χ3n) is 5.54. The zero-order valence-corrected chi connectivity index (χ0v) is 17.5. The summed E-state index contributed by atoms with van der Waals surface area (Å²) in [6, 6.07) is 15.4. The lowest BCUT2D eigenvalue weighted by molar-refractivity contribution is 0.0646. The van der Waals surface area contributed by atoms with E-state index in [-0.39, 0.29) is 11.8 Å². The fourth-order valence-electron chi connectivity index (χ4n) is 3.96. The number of halogens is 2. The molecular formula is C22H18Cl2N4O2. The van der Waals surface area contributed by atoms with Gasteiger partial charge >= 0.3 is 11.8 Å². The third kappa shape index (κ3) is 3.57. The van der Waals surface area contributed by atoms with Crippen LogP contribution in [0.2, 0.25) is 10.0 Å². The van der Waals surface area contributed by atoms with E-state index in [0.29, 0.717) is 30.0 Å². The van der Waals surface area contributed by atoms with Gasteiger partial charge in [0.2, 0.25) is 5.82 Å². The number of piperidine rings is 1. The molecule has 2 aromatic carbocycles. The number of rotatable bonds is 3. The van der Waals surface area contributed by atoms with E-state index in [4.69, 9.17) is 27.7 Å². The first-order valence-corrected chi connectivity index (χ1v) is 10.5. The highest BCUT2D eigenvalue weighted by Gasteiger charge is 2.28. The largest absolute Gasteiger partial charge is 0.344 e. The summed E-state index contributed by atoms with van der Waals surface area (Å²) in [5.74, 6) is 0.159. The van der Waals surface area contributed by atoms with Gasteiger partial charge in [-0.2, -0.15) is 4.98 Å². The summed E-state index contributed by atoms with van der Waals surface area (Å²) in [6.07, 6.45) is 3.81. The smallest absolute Gasteiger partial charge is 0.316 e. The number of amides is 1. The highest BCUT2D eigenvalue weighted by molar-refractivity contribution is 6.31. The molecule has 0 saturated carbocycles. The topological polar surface area (TPSA) is 64.2 Å². The molecule has 6 nitrogen and oxygen atoms in total. The number of nitrogens with zero attached hydrogens (tertiary/aromatic N) is 4. The third-order valence-corrected chi connectivity index (χ3v) is 6.03. The van der Waals surface area contributed by atoms with Crippen LogP contribution in [0.15, 0.2) is 59.3 Å². The molecule has 0 radical (unpaired) electrons. The van der Waals surface area contributed by atoms with E-state index in [2.05, 4.69) is 27.0 Å². The predicted molar refractivity (Wildman–Crippen MR) is 116 cm³/mol. The molecule has 0 aliphatic carbocycles. The van der Waals surface area contributed by atoms with Crippen molar-refractivity contribution in [2.45, 2.75) is 18.9 Å². The van der Waals surface area contributed by atoms with Crippen molar-refractivity contribution in [2.75, 3.05) is 13.1 Å². The van der Waals surface area contributed by atoms with Crippen molar-refractivity contribution in [3.8, 4) is 11.4 Å². The van der Waals surface area contributed by atoms with E-state index in [0.717, 1.165) is 34.3 Å². The van der Waals surface area contributed by atoms with Crippen LogP contribution in [0.3, 0.4) is 0 Å². The lowest BCUT2D eigenvalue weighted by Crippen LogP contribution is -2.39. The first-order chi connectivity index (χ1) is 14.6. The molecule has 3 heterocycles. The molecule has 0 bridgehead atoms. The molecular weight excluding hydrogens is 423 g/mol. The summed E-state index contributed by atoms with van der Waals surface area (Å²) in [4.78, 5) is 18.9. The van der Waals surface area contributed by atoms with Crippen LogP contribution in [0.1, 0.15) is 29.6 Å². The average molecular weight is 441 g/mol. The maximum Gasteiger partial charge on any atom is 0.316 e. The number of benzene rings is 2. The predicted octanol–water partition coefficient (Wildman–Crippen LogP) is 5.48. The standard InChI is InChI=1S/C22H18Cl2N4O2/c23-16-3-1-14(2-4-16)20-25-21(30-26-20)22(29)27-10-8-18(9-11-27)28-12-7-15-13-17(24)5-6-19(15)28/h1-7,12-13,18H,8-11H2. The van der Waals surface area contributed by atoms with Crippen LogP contribution in [0, 0.1) is 0 Å². The van der Waals surface area contributed by atoms with Crippen molar-refractivity contribution < 1.29 is 9.32 Å². The minimum Gasteiger partial charge on any atom is -0.344 e. The molecule has 5 rings (SSSR count). The van der Waals surface area contributed by atoms with E-state index in [1.807, 2.05) is 18.2 Å². The molecule has 1 aliphatic rings. The quantitative estimate of drug-likeness (QED) is 0.423. The maximum absolute atomic E-state index is 12.8. The maximum atomic E-state index is 12.8. The summed E-state index contributed by atoms with van der Waals surface area (Å²) in [6.45, 7) is 1.27. The van der Waals surface area contributed by atoms with Crippen molar-refractivity contribution in [1.29, 1.82) is 0 Å². The molecule has 1 aliphatic heterocycles. The van der Waals surface area contributed by atoms with Crippen molar-refractivity contribution in [1.82, 2.24) is 19.6 Å². The Bertz CT molecular complexity index is 1210. The van der Waals surface area contributed by atoms with Crippen LogP contribution >= 0.6 is 23.2 Å². The first-order valence-electron chi connectivity index (χ1n) is 9.73. The molecule has 0 spiro atoms. The number of fused-ring (bicyclic) bond motifs is 1. The summed E-state index contributed by atoms with van der Waals surface area (Å²) in [5.41, 5.74) is 1.91. The van der Waals surface area contributed by atoms with Gasteiger partial charge in [-0.05, 0) is 61.4 Å². The molecule has 1 amide bonds. The Morgan fingerprint density at radius 1 is 1.00 bits per heavy atom. The van der Waals surface area contributed by atoms with Gasteiger partial charge in [0.15, 0.2) is 0 Å². The minimum atomic E-state index is -0.231. The van der Waals surface area contributed by atoms with E-state index < -0.39 is 0 Å². The SMILES string of the molecule is O=C(c1nc(-c2ccc(Cl)cc2)no1)N1CCC(n2ccc3cc(Cl)ccc32)CC1. The minimum absolute atomic E-state index is 0.0134. The van der Waals surface area contributed by atoms with Crippen molar-refractivity contribution in [3.63, 3.8) is 0 Å². The molecule has 2 aromatic heterocycles. The lowest BCUT2D eigenvalue weighted by Gasteiger charge is -2.32. The van der Waals surface area contributed by atoms with Crippen LogP contribution in [0.4, 0.5) is 0 Å². The first kappa shape index (κ1) is 19.2. The number of likely N-dealkylation sites (tertiary alicyclic amines) is 1. The molecule has 0 N–H and O–H groups in total. The van der Waals surface area contributed by atoms with Gasteiger partial charge in [-0.3, -0.25) is 4.79 Å². The van der Waals surface area contributed by atoms with Gasteiger partial charge in [-0.1, -0.05) is 28.4 Å². The van der Waals surface area contributed by atoms with Gasteiger partial charge in [0.25, 0.3) is 0 Å². The fraction of sp³-hybridized carbons (Fsp3) is 0.227. The molecule has 0 unspecified atom stereocenters. The molecule has 152 valence electrons. The fourth-order valence-corrected chi connectivity index (χ4v) is 4.27. The second kappa shape index (κ2) is 7.78. The molecule has 8 heteroatoms. The van der Waals surface area contributed by atoms with Crippen LogP contribution < -0.4 is 0 Å². The van der Waals surface area contributed by atoms with Crippen LogP contribution in [-0.4, -0.2) is 38.6 Å².